The molecule has 4 aromatic rings. The number of hydrogen-bond acceptors (Lipinski definition) is 10. The number of rotatable bonds is 26. The van der Waals surface area contributed by atoms with Crippen molar-refractivity contribution in [3.8, 4) is 11.5 Å². The minimum absolute atomic E-state index is 0.0853. The Morgan fingerprint density at radius 3 is 1.01 bits per heavy atom. The maximum Gasteiger partial charge on any atom is 0.310 e. The molecule has 400 valence electrons. The Balaban J connectivity index is 0.967. The number of aliphatic carboxylic acids is 2. The first-order valence-corrected chi connectivity index (χ1v) is 26.1. The molecule has 3 aliphatic rings. The molecule has 2 bridgehead atoms. The van der Waals surface area contributed by atoms with Gasteiger partial charge in [0.2, 0.25) is 0 Å². The van der Waals surface area contributed by atoms with Gasteiger partial charge in [-0.3, -0.25) is 19.2 Å². The first-order valence-electron chi connectivity index (χ1n) is 26.1. The van der Waals surface area contributed by atoms with Crippen molar-refractivity contribution >= 4 is 23.9 Å². The third-order valence-corrected chi connectivity index (χ3v) is 15.3. The molecule has 4 unspecified atom stereocenters. The maximum atomic E-state index is 13.9. The first kappa shape index (κ1) is 57.3. The molecule has 0 spiro atoms. The van der Waals surface area contributed by atoms with Crippen LogP contribution in [0.4, 0.5) is 0 Å². The molecule has 0 radical (unpaired) electrons. The summed E-state index contributed by atoms with van der Waals surface area (Å²) in [6, 6.07) is 37.1. The number of esters is 2. The monoisotopic (exact) mass is 1020 g/mol. The van der Waals surface area contributed by atoms with Gasteiger partial charge in [-0.05, 0) is 102 Å². The van der Waals surface area contributed by atoms with Crippen molar-refractivity contribution < 1.29 is 57.8 Å². The Kier molecular flexibility index (Phi) is 18.0. The summed E-state index contributed by atoms with van der Waals surface area (Å²) in [4.78, 5) is 53.4. The van der Waals surface area contributed by atoms with E-state index in [9.17, 15) is 29.4 Å². The lowest BCUT2D eigenvalue weighted by atomic mass is 9.53. The third-order valence-electron chi connectivity index (χ3n) is 15.3. The second kappa shape index (κ2) is 23.3. The van der Waals surface area contributed by atoms with Crippen molar-refractivity contribution in [2.75, 3.05) is 26.4 Å². The number of carbonyl (C=O) groups is 4. The third kappa shape index (κ3) is 14.4. The van der Waals surface area contributed by atoms with Crippen molar-refractivity contribution in [3.05, 3.63) is 144 Å². The lowest BCUT2D eigenvalue weighted by molar-refractivity contribution is -0.183. The quantitative estimate of drug-likeness (QED) is 0.0453. The summed E-state index contributed by atoms with van der Waals surface area (Å²) in [5, 5.41) is 20.8. The van der Waals surface area contributed by atoms with Gasteiger partial charge in [0.05, 0.1) is 61.3 Å². The van der Waals surface area contributed by atoms with Crippen molar-refractivity contribution in [1.82, 2.24) is 0 Å². The van der Waals surface area contributed by atoms with Crippen molar-refractivity contribution in [2.24, 2.45) is 35.5 Å². The van der Waals surface area contributed by atoms with E-state index in [1.807, 2.05) is 116 Å². The summed E-state index contributed by atoms with van der Waals surface area (Å²) in [6.45, 7) is 24.9. The summed E-state index contributed by atoms with van der Waals surface area (Å²) < 4.78 is 36.8. The smallest absolute Gasteiger partial charge is 0.310 e. The van der Waals surface area contributed by atoms with Crippen LogP contribution in [0.15, 0.2) is 121 Å². The zero-order valence-electron chi connectivity index (χ0n) is 45.6. The van der Waals surface area contributed by atoms with Gasteiger partial charge in [0.15, 0.2) is 0 Å². The fourth-order valence-corrected chi connectivity index (χ4v) is 10.3. The zero-order chi connectivity index (χ0) is 54.3. The van der Waals surface area contributed by atoms with E-state index >= 15 is 0 Å². The van der Waals surface area contributed by atoms with Crippen LogP contribution in [0, 0.1) is 35.5 Å². The Morgan fingerprint density at radius 2 is 0.689 bits per heavy atom. The topological polar surface area (TPSA) is 164 Å². The van der Waals surface area contributed by atoms with Crippen LogP contribution >= 0.6 is 0 Å². The number of carboxylic acid groups (broad SMARTS) is 2. The minimum atomic E-state index is -1.41. The number of fused-ring (bicyclic) bond motifs is 2. The van der Waals surface area contributed by atoms with Gasteiger partial charge in [-0.1, -0.05) is 125 Å². The van der Waals surface area contributed by atoms with Crippen molar-refractivity contribution in [2.45, 2.75) is 142 Å². The van der Waals surface area contributed by atoms with Gasteiger partial charge in [-0.15, -0.1) is 0 Å². The lowest BCUT2D eigenvalue weighted by Gasteiger charge is -2.48. The molecule has 12 nitrogen and oxygen atoms in total. The molecule has 12 heteroatoms. The van der Waals surface area contributed by atoms with Gasteiger partial charge in [0.25, 0.3) is 0 Å². The molecule has 0 aliphatic heterocycles. The van der Waals surface area contributed by atoms with Crippen LogP contribution in [0.2, 0.25) is 0 Å². The molecule has 0 aromatic heterocycles. The maximum absolute atomic E-state index is 13.9. The van der Waals surface area contributed by atoms with Crippen LogP contribution in [0.1, 0.15) is 131 Å². The molecule has 2 N–H and O–H groups in total. The number of allylic oxidation sites excluding steroid dienone is 2. The van der Waals surface area contributed by atoms with Crippen LogP contribution in [-0.2, 0) is 49.0 Å². The molecule has 1 saturated carbocycles. The minimum Gasteiger partial charge on any atom is -0.488 e. The highest BCUT2D eigenvalue weighted by molar-refractivity contribution is 5.89. The van der Waals surface area contributed by atoms with Crippen LogP contribution < -0.4 is 9.47 Å². The van der Waals surface area contributed by atoms with Gasteiger partial charge in [-0.2, -0.15) is 0 Å². The second-order valence-electron chi connectivity index (χ2n) is 23.6. The van der Waals surface area contributed by atoms with Gasteiger partial charge in [-0.25, -0.2) is 0 Å². The molecule has 0 amide bonds. The molecule has 0 heterocycles. The number of benzene rings is 4. The number of carboxylic acids is 2. The fraction of sp³-hybridized carbons (Fsp3) is 0.516. The van der Waals surface area contributed by atoms with Crippen LogP contribution in [-0.4, -0.2) is 82.9 Å². The largest absolute Gasteiger partial charge is 0.488 e. The van der Waals surface area contributed by atoms with E-state index < -0.39 is 81.8 Å². The van der Waals surface area contributed by atoms with Gasteiger partial charge < -0.3 is 38.6 Å². The van der Waals surface area contributed by atoms with Crippen LogP contribution in [0.25, 0.3) is 0 Å². The van der Waals surface area contributed by atoms with E-state index in [0.29, 0.717) is 38.9 Å². The summed E-state index contributed by atoms with van der Waals surface area (Å²) >= 11 is 0. The summed E-state index contributed by atoms with van der Waals surface area (Å²) in [5.74, 6) is -10.4. The first-order chi connectivity index (χ1) is 34.6. The predicted octanol–water partition coefficient (Wildman–Crippen LogP) is 12.0. The average molecular weight is 1020 g/mol. The van der Waals surface area contributed by atoms with Crippen LogP contribution in [0.5, 0.6) is 11.5 Å². The van der Waals surface area contributed by atoms with E-state index in [0.717, 1.165) is 11.5 Å². The Labute approximate surface area is 439 Å². The molecule has 7 rings (SSSR count). The van der Waals surface area contributed by atoms with E-state index in [2.05, 4.69) is 76.2 Å². The molecule has 3 aliphatic carbocycles. The van der Waals surface area contributed by atoms with E-state index in [-0.39, 0.29) is 24.0 Å². The number of hydrogen-bond donors (Lipinski definition) is 2. The highest BCUT2D eigenvalue weighted by Gasteiger charge is 2.62. The molecule has 1 fully saturated rings. The number of carbonyl (C=O) groups excluding carboxylic acids is 2. The lowest BCUT2D eigenvalue weighted by Crippen LogP contribution is -2.58. The SMILES string of the molecule is CC(C)(CCOC(=O)C1C2C=CC(C1C(=O)O)C(C(=O)O)C2C(=O)OCCC(C)(C)OCCC(C)(C)Oc1ccc(C(C)(C)c2ccccc2)cc1)OCCC(C)(C)Oc1ccc(C(C)(C)c2ccccc2)cc1. The van der Waals surface area contributed by atoms with Crippen molar-refractivity contribution in [1.29, 1.82) is 0 Å². The normalized spacial score (nSPS) is 20.2. The summed E-state index contributed by atoms with van der Waals surface area (Å²) in [7, 11) is 0. The molecule has 4 atom stereocenters. The Bertz CT molecular complexity index is 2370. The highest BCUT2D eigenvalue weighted by atomic mass is 16.5. The zero-order valence-corrected chi connectivity index (χ0v) is 45.6. The highest BCUT2D eigenvalue weighted by Crippen LogP contribution is 2.52. The average Bonchev–Trinajstić information content (AvgIpc) is 3.33. The van der Waals surface area contributed by atoms with E-state index in [1.165, 1.54) is 28.3 Å². The molecule has 0 saturated heterocycles. The summed E-state index contributed by atoms with van der Waals surface area (Å²) in [6.07, 6.45) is 4.80. The summed E-state index contributed by atoms with van der Waals surface area (Å²) in [5.41, 5.74) is 1.90. The number of ether oxygens (including phenoxy) is 6. The van der Waals surface area contributed by atoms with Gasteiger partial charge >= 0.3 is 23.9 Å². The molecular weight excluding hydrogens is 937 g/mol. The molecule has 74 heavy (non-hydrogen) atoms. The molecular formula is C62H80O12. The Hall–Kier alpha value is -5.98. The van der Waals surface area contributed by atoms with E-state index in [1.54, 1.807) is 6.08 Å². The standard InChI is InChI=1S/C62H80O12/c1-57(2,71-39-35-59(5,6)73-45-27-23-43(24-28-45)61(9,10)41-19-15-13-16-20-41)33-37-69-55(67)51-48-32-31-47(49(51)53(63)64)50(54(65)66)52(48)56(68)70-38-34-58(3,4)72-40-36-60(7,8)74-46-29-25-44(26-30-46)62(11,12)42-21-17-14-18-22-42/h13-32,47-52H,33-40H2,1-12H3,(H,63,64)(H,65,66). The Morgan fingerprint density at radius 1 is 0.392 bits per heavy atom. The van der Waals surface area contributed by atoms with Crippen LogP contribution in [0.3, 0.4) is 0 Å². The van der Waals surface area contributed by atoms with Gasteiger partial charge in [0.1, 0.15) is 22.7 Å². The molecule has 4 aromatic carbocycles. The van der Waals surface area contributed by atoms with Crippen molar-refractivity contribution in [3.63, 3.8) is 0 Å². The van der Waals surface area contributed by atoms with Gasteiger partial charge in [0, 0.05) is 48.3 Å². The predicted molar refractivity (Wildman–Crippen MR) is 285 cm³/mol. The second-order valence-corrected chi connectivity index (χ2v) is 23.6. The van der Waals surface area contributed by atoms with E-state index in [4.69, 9.17) is 28.4 Å². The fourth-order valence-electron chi connectivity index (χ4n) is 10.3.